The first-order chi connectivity index (χ1) is 23.9. The van der Waals surface area contributed by atoms with Gasteiger partial charge < -0.3 is 0 Å². The molecule has 2 saturated carbocycles. The molecule has 4 aromatic carbocycles. The van der Waals surface area contributed by atoms with Crippen LogP contribution in [0.3, 0.4) is 0 Å². The van der Waals surface area contributed by atoms with E-state index in [1.165, 1.54) is 109 Å². The van der Waals surface area contributed by atoms with Gasteiger partial charge in [-0.3, -0.25) is 0 Å². The Bertz CT molecular complexity index is 1930. The van der Waals surface area contributed by atoms with E-state index in [2.05, 4.69) is 141 Å². The maximum Gasteiger partial charge on any atom is -0.147 e. The summed E-state index contributed by atoms with van der Waals surface area (Å²) in [7, 11) is 0. The van der Waals surface area contributed by atoms with Crippen molar-refractivity contribution in [2.75, 3.05) is 0 Å². The van der Waals surface area contributed by atoms with Gasteiger partial charge in [0.15, 0.2) is 0 Å². The predicted molar refractivity (Wildman–Crippen MR) is 232 cm³/mol. The third-order valence-corrected chi connectivity index (χ3v) is 31.9. The van der Waals surface area contributed by atoms with Gasteiger partial charge in [0.2, 0.25) is 0 Å². The summed E-state index contributed by atoms with van der Waals surface area (Å²) < 4.78 is 6.88. The van der Waals surface area contributed by atoms with E-state index >= 15 is 0 Å². The summed E-state index contributed by atoms with van der Waals surface area (Å²) in [6.45, 7) is 11.9. The normalized spacial score (nSPS) is 21.0. The molecular weight excluding hydrogens is 767 g/mol. The van der Waals surface area contributed by atoms with Gasteiger partial charge in [0.05, 0.1) is 0 Å². The Morgan fingerprint density at radius 3 is 1.25 bits per heavy atom. The van der Waals surface area contributed by atoms with Crippen LogP contribution in [0.4, 0.5) is 0 Å². The van der Waals surface area contributed by atoms with Crippen LogP contribution in [0.2, 0.25) is 9.26 Å². The van der Waals surface area contributed by atoms with Crippen LogP contribution in [0, 0.1) is 24.7 Å². The van der Waals surface area contributed by atoms with Gasteiger partial charge in [-0.05, 0) is 0 Å². The Kier molecular flexibility index (Phi) is 11.2. The van der Waals surface area contributed by atoms with E-state index in [4.69, 9.17) is 0 Å². The summed E-state index contributed by atoms with van der Waals surface area (Å²) in [5.74, 6) is 0. The molecule has 0 heterocycles. The summed E-state index contributed by atoms with van der Waals surface area (Å²) in [6.07, 6.45) is 19.0. The van der Waals surface area contributed by atoms with Gasteiger partial charge in [-0.2, -0.15) is 0 Å². The van der Waals surface area contributed by atoms with Gasteiger partial charge in [0.25, 0.3) is 0 Å². The number of hydrogen-bond acceptors (Lipinski definition) is 0. The van der Waals surface area contributed by atoms with Crippen LogP contribution in [-0.2, 0) is 17.4 Å². The molecule has 2 unspecified atom stereocenters. The molecule has 8 rings (SSSR count). The third-order valence-electron chi connectivity index (χ3n) is 14.4. The number of aryl methyl sites for hydroxylation is 2. The van der Waals surface area contributed by atoms with Crippen molar-refractivity contribution in [3.05, 3.63) is 129 Å². The number of benzene rings is 4. The molecule has 0 aliphatic heterocycles. The molecule has 0 N–H and O–H groups in total. The average molecular weight is 827 g/mol. The largest absolute Gasteiger partial charge is 0.147 e. The molecule has 52 heavy (non-hydrogen) atoms. The molecule has 0 nitrogen and oxygen atoms in total. The second-order valence-corrected chi connectivity index (χ2v) is 48.8. The SMILES string of the molecule is CCC1(CC2=Cc3c(-c4ccc(C)cc4)cccc3[CH]2[Zr]([CH3])([CH3])(=[SiH2])[CH]2C(CC3(CC)CCC3)=Cc3c(-c4ccc(C)cc4)cccc32)CCC1.Cl.Cl. The van der Waals surface area contributed by atoms with Crippen molar-refractivity contribution >= 4 is 43.8 Å². The molecular formula is C48H60Cl2SiZr. The molecule has 0 aromatic heterocycles. The fourth-order valence-electron chi connectivity index (χ4n) is 11.1. The first kappa shape index (κ1) is 39.7. The minimum Gasteiger partial charge on any atom is -0.147 e. The Hall–Kier alpha value is -1.96. The molecule has 0 amide bonds. The van der Waals surface area contributed by atoms with E-state index in [0.29, 0.717) is 18.1 Å². The first-order valence-corrected chi connectivity index (χ1v) is 33.5. The van der Waals surface area contributed by atoms with E-state index < -0.39 is 17.4 Å². The number of rotatable bonds is 10. The maximum atomic E-state index is 2.89. The van der Waals surface area contributed by atoms with E-state index in [-0.39, 0.29) is 24.8 Å². The maximum absolute atomic E-state index is 3.83. The van der Waals surface area contributed by atoms with Gasteiger partial charge in [-0.25, -0.2) is 0 Å². The molecule has 0 radical (unpaired) electrons. The molecule has 0 spiro atoms. The first-order valence-electron chi connectivity index (χ1n) is 19.8. The number of hydrogen-bond donors (Lipinski definition) is 0. The number of fused-ring (bicyclic) bond motifs is 2. The van der Waals surface area contributed by atoms with Crippen LogP contribution in [0.1, 0.15) is 119 Å². The van der Waals surface area contributed by atoms with E-state index in [1.54, 1.807) is 22.3 Å². The number of allylic oxidation sites excluding steroid dienone is 2. The van der Waals surface area contributed by atoms with Gasteiger partial charge >= 0.3 is 307 Å². The third kappa shape index (κ3) is 6.69. The zero-order chi connectivity index (χ0) is 34.9. The fourth-order valence-corrected chi connectivity index (χ4v) is 30.8. The van der Waals surface area contributed by atoms with Crippen molar-refractivity contribution in [3.8, 4) is 22.3 Å². The summed E-state index contributed by atoms with van der Waals surface area (Å²) in [6, 6.07) is 33.3. The van der Waals surface area contributed by atoms with Gasteiger partial charge in [-0.1, -0.05) is 0 Å². The Morgan fingerprint density at radius 2 is 0.942 bits per heavy atom. The summed E-state index contributed by atoms with van der Waals surface area (Å²) in [4.78, 5) is 0. The second kappa shape index (κ2) is 14.6. The minimum atomic E-state index is -3.83. The molecule has 2 atom stereocenters. The Balaban J connectivity index is 0.00000232. The molecule has 0 saturated heterocycles. The van der Waals surface area contributed by atoms with Crippen molar-refractivity contribution in [1.82, 2.24) is 0 Å². The van der Waals surface area contributed by atoms with Crippen molar-refractivity contribution in [2.45, 2.75) is 108 Å². The molecule has 2 fully saturated rings. The topological polar surface area (TPSA) is 0 Å². The zero-order valence-electron chi connectivity index (χ0n) is 32.5. The van der Waals surface area contributed by atoms with Crippen LogP contribution in [0.15, 0.2) is 96.1 Å². The minimum absolute atomic E-state index is 0. The smallest absolute Gasteiger partial charge is 0.147 e. The number of halogens is 2. The van der Waals surface area contributed by atoms with E-state index in [9.17, 15) is 0 Å². The Labute approximate surface area is 329 Å². The molecule has 4 aromatic rings. The van der Waals surface area contributed by atoms with Crippen LogP contribution in [0.5, 0.6) is 0 Å². The summed E-state index contributed by atoms with van der Waals surface area (Å²) in [5.41, 5.74) is 19.1. The van der Waals surface area contributed by atoms with Crippen LogP contribution < -0.4 is 0 Å². The molecule has 0 bridgehead atoms. The van der Waals surface area contributed by atoms with Crippen molar-refractivity contribution < 1.29 is 17.4 Å². The van der Waals surface area contributed by atoms with Gasteiger partial charge in [0, 0.05) is 0 Å². The van der Waals surface area contributed by atoms with Crippen LogP contribution in [-0.4, -0.2) is 6.88 Å². The molecule has 4 aliphatic rings. The van der Waals surface area contributed by atoms with Crippen LogP contribution in [0.25, 0.3) is 34.4 Å². The van der Waals surface area contributed by atoms with Crippen molar-refractivity contribution in [1.29, 1.82) is 0 Å². The zero-order valence-corrected chi connectivity index (χ0v) is 38.0. The van der Waals surface area contributed by atoms with Gasteiger partial charge in [0.1, 0.15) is 0 Å². The van der Waals surface area contributed by atoms with Crippen molar-refractivity contribution in [3.63, 3.8) is 0 Å². The summed E-state index contributed by atoms with van der Waals surface area (Å²) in [5, 5.41) is 0. The van der Waals surface area contributed by atoms with E-state index in [0.717, 1.165) is 0 Å². The van der Waals surface area contributed by atoms with E-state index in [1.807, 2.05) is 0 Å². The van der Waals surface area contributed by atoms with Crippen LogP contribution >= 0.6 is 24.8 Å². The molecule has 4 heteroatoms. The fraction of sp³-hybridized carbons (Fsp3) is 0.417. The quantitative estimate of drug-likeness (QED) is 0.140. The van der Waals surface area contributed by atoms with Gasteiger partial charge in [-0.15, -0.1) is 24.8 Å². The molecule has 274 valence electrons. The second-order valence-electron chi connectivity index (χ2n) is 18.4. The Morgan fingerprint density at radius 1 is 0.577 bits per heavy atom. The summed E-state index contributed by atoms with van der Waals surface area (Å²) >= 11 is -3.83. The van der Waals surface area contributed by atoms with Crippen molar-refractivity contribution in [2.24, 2.45) is 10.8 Å². The predicted octanol–water partition coefficient (Wildman–Crippen LogP) is 14.3. The monoisotopic (exact) mass is 824 g/mol. The molecule has 4 aliphatic carbocycles. The standard InChI is InChI=1S/2C23H25.2CH3.2ClH.H2Si.Zr/c2*1-3-23(12-5-13-23)16-18-14-20-6-4-7-21(22(20)15-18)19-10-8-17(2)9-11-19;;;;;;/h2*4,6-11,14-15H,3,5,12-13,16H2,1-2H3;2*1H3;2*1H;1H2;. The average Bonchev–Trinajstić information content (AvgIpc) is 3.64.